The van der Waals surface area contributed by atoms with Crippen molar-refractivity contribution in [2.75, 3.05) is 6.54 Å². The van der Waals surface area contributed by atoms with Crippen LogP contribution in [-0.2, 0) is 0 Å². The van der Waals surface area contributed by atoms with E-state index in [2.05, 4.69) is 19.2 Å². The Morgan fingerprint density at radius 3 is 2.67 bits per heavy atom. The Kier molecular flexibility index (Phi) is 3.32. The Bertz CT molecular complexity index is 357. The maximum atomic E-state index is 6.10. The van der Waals surface area contributed by atoms with Crippen molar-refractivity contribution in [3.63, 3.8) is 0 Å². The number of halogens is 2. The normalized spacial score (nSPS) is 20.3. The molecule has 1 aliphatic rings. The lowest BCUT2D eigenvalue weighted by Crippen LogP contribution is -2.25. The van der Waals surface area contributed by atoms with Gasteiger partial charge in [-0.2, -0.15) is 0 Å². The van der Waals surface area contributed by atoms with Gasteiger partial charge >= 0.3 is 0 Å². The summed E-state index contributed by atoms with van der Waals surface area (Å²) < 4.78 is 1.57. The number of thiophene rings is 1. The van der Waals surface area contributed by atoms with E-state index in [1.54, 1.807) is 0 Å². The molecule has 2 rings (SSSR count). The van der Waals surface area contributed by atoms with E-state index in [0.717, 1.165) is 20.8 Å². The van der Waals surface area contributed by atoms with Crippen LogP contribution in [0.3, 0.4) is 0 Å². The molecule has 1 fully saturated rings. The van der Waals surface area contributed by atoms with Crippen LogP contribution in [0.5, 0.6) is 0 Å². The van der Waals surface area contributed by atoms with Crippen LogP contribution in [-0.4, -0.2) is 6.54 Å². The second-order valence-corrected chi connectivity index (χ2v) is 6.98. The van der Waals surface area contributed by atoms with Crippen LogP contribution in [0.1, 0.15) is 38.3 Å². The molecule has 1 unspecified atom stereocenters. The summed E-state index contributed by atoms with van der Waals surface area (Å²) in [5, 5.41) is 3.52. The molecule has 0 aliphatic heterocycles. The van der Waals surface area contributed by atoms with E-state index in [-0.39, 0.29) is 0 Å². The lowest BCUT2D eigenvalue weighted by Gasteiger charge is -2.16. The Morgan fingerprint density at radius 2 is 2.20 bits per heavy atom. The van der Waals surface area contributed by atoms with Crippen molar-refractivity contribution in [2.24, 2.45) is 5.41 Å². The fourth-order valence-corrected chi connectivity index (χ4v) is 3.19. The zero-order valence-corrected chi connectivity index (χ0v) is 11.3. The second kappa shape index (κ2) is 4.25. The maximum Gasteiger partial charge on any atom is 0.0991 e. The van der Waals surface area contributed by atoms with Crippen molar-refractivity contribution in [3.05, 3.63) is 20.3 Å². The van der Waals surface area contributed by atoms with Crippen LogP contribution in [0.4, 0.5) is 0 Å². The summed E-state index contributed by atoms with van der Waals surface area (Å²) in [5.41, 5.74) is 1.65. The lowest BCUT2D eigenvalue weighted by molar-refractivity contribution is 0.458. The summed E-state index contributed by atoms with van der Waals surface area (Å²) in [5.74, 6) is 0. The predicted octanol–water partition coefficient (Wildman–Crippen LogP) is 4.51. The molecule has 0 radical (unpaired) electrons. The molecule has 1 saturated carbocycles. The van der Waals surface area contributed by atoms with Crippen LogP contribution in [0.2, 0.25) is 8.67 Å². The summed E-state index contributed by atoms with van der Waals surface area (Å²) in [6.07, 6.45) is 2.68. The fraction of sp³-hybridized carbons (Fsp3) is 0.636. The Morgan fingerprint density at radius 1 is 1.53 bits per heavy atom. The van der Waals surface area contributed by atoms with Gasteiger partial charge in [0.25, 0.3) is 0 Å². The van der Waals surface area contributed by atoms with E-state index in [1.807, 2.05) is 6.07 Å². The van der Waals surface area contributed by atoms with Gasteiger partial charge in [-0.3, -0.25) is 0 Å². The van der Waals surface area contributed by atoms with Gasteiger partial charge < -0.3 is 5.32 Å². The molecule has 84 valence electrons. The molecule has 1 aliphatic carbocycles. The summed E-state index contributed by atoms with van der Waals surface area (Å²) in [6, 6.07) is 2.25. The first-order chi connectivity index (χ1) is 7.00. The van der Waals surface area contributed by atoms with Crippen LogP contribution in [0.15, 0.2) is 6.07 Å². The standard InChI is InChI=1S/C11H15Cl2NS/c1-7(14-6-11(2)3-4-11)8-5-9(12)15-10(8)13/h5,7,14H,3-4,6H2,1-2H3. The molecule has 1 heterocycles. The fourth-order valence-electron chi connectivity index (χ4n) is 1.55. The van der Waals surface area contributed by atoms with Gasteiger partial charge in [0.05, 0.1) is 8.67 Å². The highest BCUT2D eigenvalue weighted by Gasteiger charge is 2.37. The van der Waals surface area contributed by atoms with Crippen LogP contribution in [0.25, 0.3) is 0 Å². The quantitative estimate of drug-likeness (QED) is 0.843. The first-order valence-electron chi connectivity index (χ1n) is 5.18. The minimum absolute atomic E-state index is 0.290. The number of nitrogens with one attached hydrogen (secondary N) is 1. The van der Waals surface area contributed by atoms with Gasteiger partial charge in [0.1, 0.15) is 0 Å². The first kappa shape index (κ1) is 11.7. The maximum absolute atomic E-state index is 6.10. The molecule has 0 aromatic carbocycles. The monoisotopic (exact) mass is 263 g/mol. The average Bonchev–Trinajstić information content (AvgIpc) is 2.80. The third-order valence-electron chi connectivity index (χ3n) is 3.09. The van der Waals surface area contributed by atoms with E-state index >= 15 is 0 Å². The Hall–Kier alpha value is 0.240. The van der Waals surface area contributed by atoms with Crippen LogP contribution in [0, 0.1) is 5.41 Å². The molecule has 1 N–H and O–H groups in total. The molecule has 0 saturated heterocycles. The van der Waals surface area contributed by atoms with E-state index < -0.39 is 0 Å². The van der Waals surface area contributed by atoms with Crippen molar-refractivity contribution >= 4 is 34.5 Å². The smallest absolute Gasteiger partial charge is 0.0991 e. The van der Waals surface area contributed by atoms with Crippen molar-refractivity contribution in [3.8, 4) is 0 Å². The SMILES string of the molecule is CC(NCC1(C)CC1)c1cc(Cl)sc1Cl. The zero-order chi connectivity index (χ0) is 11.1. The molecule has 0 amide bonds. The summed E-state index contributed by atoms with van der Waals surface area (Å²) in [7, 11) is 0. The minimum atomic E-state index is 0.290. The first-order valence-corrected chi connectivity index (χ1v) is 6.75. The van der Waals surface area contributed by atoms with Crippen molar-refractivity contribution in [1.82, 2.24) is 5.32 Å². The average molecular weight is 264 g/mol. The Balaban J connectivity index is 1.95. The topological polar surface area (TPSA) is 12.0 Å². The lowest BCUT2D eigenvalue weighted by atomic mass is 10.1. The highest BCUT2D eigenvalue weighted by Crippen LogP contribution is 2.44. The zero-order valence-electron chi connectivity index (χ0n) is 8.94. The second-order valence-electron chi connectivity index (χ2n) is 4.69. The largest absolute Gasteiger partial charge is 0.310 e. The van der Waals surface area contributed by atoms with Crippen molar-refractivity contribution < 1.29 is 0 Å². The van der Waals surface area contributed by atoms with E-state index in [1.165, 1.54) is 24.2 Å². The molecular formula is C11H15Cl2NS. The highest BCUT2D eigenvalue weighted by atomic mass is 35.5. The Labute approximate surface area is 105 Å². The van der Waals surface area contributed by atoms with E-state index in [4.69, 9.17) is 23.2 Å². The number of rotatable bonds is 4. The van der Waals surface area contributed by atoms with Gasteiger partial charge in [-0.05, 0) is 36.8 Å². The molecule has 1 aromatic rings. The summed E-state index contributed by atoms with van der Waals surface area (Å²) in [4.78, 5) is 0. The van der Waals surface area contributed by atoms with Gasteiger partial charge in [-0.1, -0.05) is 30.1 Å². The third kappa shape index (κ3) is 2.88. The predicted molar refractivity (Wildman–Crippen MR) is 68.1 cm³/mol. The number of hydrogen-bond acceptors (Lipinski definition) is 2. The van der Waals surface area contributed by atoms with Gasteiger partial charge in [-0.15, -0.1) is 11.3 Å². The van der Waals surface area contributed by atoms with E-state index in [0.29, 0.717) is 11.5 Å². The van der Waals surface area contributed by atoms with Crippen molar-refractivity contribution in [1.29, 1.82) is 0 Å². The van der Waals surface area contributed by atoms with Gasteiger partial charge in [-0.25, -0.2) is 0 Å². The van der Waals surface area contributed by atoms with Gasteiger partial charge in [0.15, 0.2) is 0 Å². The molecule has 1 nitrogen and oxygen atoms in total. The van der Waals surface area contributed by atoms with Gasteiger partial charge in [0, 0.05) is 12.6 Å². The molecule has 0 bridgehead atoms. The molecule has 15 heavy (non-hydrogen) atoms. The molecule has 1 aromatic heterocycles. The number of hydrogen-bond donors (Lipinski definition) is 1. The van der Waals surface area contributed by atoms with Crippen LogP contribution >= 0.6 is 34.5 Å². The summed E-state index contributed by atoms with van der Waals surface area (Å²) in [6.45, 7) is 5.52. The minimum Gasteiger partial charge on any atom is -0.310 e. The van der Waals surface area contributed by atoms with Gasteiger partial charge in [0.2, 0.25) is 0 Å². The molecule has 4 heteroatoms. The van der Waals surface area contributed by atoms with Crippen LogP contribution < -0.4 is 5.32 Å². The molecular weight excluding hydrogens is 249 g/mol. The van der Waals surface area contributed by atoms with E-state index in [9.17, 15) is 0 Å². The molecule has 0 spiro atoms. The molecule has 1 atom stereocenters. The van der Waals surface area contributed by atoms with Crippen molar-refractivity contribution in [2.45, 2.75) is 32.7 Å². The summed E-state index contributed by atoms with van der Waals surface area (Å²) >= 11 is 13.5. The third-order valence-corrected chi connectivity index (χ3v) is 4.61. The highest BCUT2D eigenvalue weighted by molar-refractivity contribution is 7.20.